The van der Waals surface area contributed by atoms with Gasteiger partial charge in [-0.05, 0) is 41.7 Å². The van der Waals surface area contributed by atoms with E-state index in [1.807, 2.05) is 12.1 Å². The van der Waals surface area contributed by atoms with E-state index in [0.717, 1.165) is 5.56 Å². The standard InChI is InChI=1S/C17H14N2/c1-13(2)16-6-3-14(4-7-16)5-8-17-11-15(12-18)9-10-19-17/h3-4,6-7,9-11,13H,1-2H3. The number of rotatable bonds is 1. The highest BCUT2D eigenvalue weighted by atomic mass is 14.6. The van der Waals surface area contributed by atoms with E-state index in [2.05, 4.69) is 48.9 Å². The average Bonchev–Trinajstić information content (AvgIpc) is 2.46. The minimum Gasteiger partial charge on any atom is -0.248 e. The lowest BCUT2D eigenvalue weighted by Crippen LogP contribution is -1.87. The van der Waals surface area contributed by atoms with Crippen LogP contribution in [0.25, 0.3) is 0 Å². The summed E-state index contributed by atoms with van der Waals surface area (Å²) in [6, 6.07) is 13.6. The number of hydrogen-bond acceptors (Lipinski definition) is 2. The molecule has 0 aliphatic heterocycles. The second-order valence-electron chi connectivity index (χ2n) is 4.57. The molecule has 0 saturated carbocycles. The zero-order valence-corrected chi connectivity index (χ0v) is 11.0. The van der Waals surface area contributed by atoms with Gasteiger partial charge in [-0.2, -0.15) is 5.26 Å². The largest absolute Gasteiger partial charge is 0.248 e. The molecule has 1 aromatic heterocycles. The number of hydrogen-bond donors (Lipinski definition) is 0. The van der Waals surface area contributed by atoms with Crippen LogP contribution < -0.4 is 0 Å². The van der Waals surface area contributed by atoms with Gasteiger partial charge in [0.2, 0.25) is 0 Å². The first kappa shape index (κ1) is 12.9. The molecule has 0 aliphatic carbocycles. The van der Waals surface area contributed by atoms with Gasteiger partial charge in [-0.15, -0.1) is 0 Å². The van der Waals surface area contributed by atoms with E-state index in [9.17, 15) is 0 Å². The fourth-order valence-electron chi connectivity index (χ4n) is 1.66. The molecule has 92 valence electrons. The summed E-state index contributed by atoms with van der Waals surface area (Å²) in [4.78, 5) is 4.12. The second-order valence-corrected chi connectivity index (χ2v) is 4.57. The summed E-state index contributed by atoms with van der Waals surface area (Å²) in [7, 11) is 0. The molecule has 0 radical (unpaired) electrons. The van der Waals surface area contributed by atoms with E-state index in [-0.39, 0.29) is 0 Å². The van der Waals surface area contributed by atoms with Crippen molar-refractivity contribution in [3.05, 3.63) is 65.0 Å². The fraction of sp³-hybridized carbons (Fsp3) is 0.176. The van der Waals surface area contributed by atoms with Crippen molar-refractivity contribution in [2.45, 2.75) is 19.8 Å². The zero-order valence-electron chi connectivity index (χ0n) is 11.0. The Balaban J connectivity index is 2.21. The molecule has 2 aromatic rings. The number of aromatic nitrogens is 1. The summed E-state index contributed by atoms with van der Waals surface area (Å²) < 4.78 is 0. The normalized spacial score (nSPS) is 9.58. The van der Waals surface area contributed by atoms with E-state index in [1.54, 1.807) is 18.3 Å². The topological polar surface area (TPSA) is 36.7 Å². The molecule has 0 bridgehead atoms. The molecule has 1 aromatic carbocycles. The van der Waals surface area contributed by atoms with Crippen LogP contribution >= 0.6 is 0 Å². The Morgan fingerprint density at radius 2 is 1.74 bits per heavy atom. The number of nitrogens with zero attached hydrogens (tertiary/aromatic N) is 2. The minimum absolute atomic E-state index is 0.524. The van der Waals surface area contributed by atoms with Crippen molar-refractivity contribution in [2.75, 3.05) is 0 Å². The Morgan fingerprint density at radius 1 is 1.00 bits per heavy atom. The summed E-state index contributed by atoms with van der Waals surface area (Å²) in [5.41, 5.74) is 3.45. The molecular formula is C17H14N2. The molecule has 0 fully saturated rings. The van der Waals surface area contributed by atoms with Gasteiger partial charge in [-0.3, -0.25) is 0 Å². The Morgan fingerprint density at radius 3 is 2.37 bits per heavy atom. The summed E-state index contributed by atoms with van der Waals surface area (Å²) in [6.45, 7) is 4.33. The third kappa shape index (κ3) is 3.44. The summed E-state index contributed by atoms with van der Waals surface area (Å²) in [5.74, 6) is 6.55. The van der Waals surface area contributed by atoms with Gasteiger partial charge >= 0.3 is 0 Å². The van der Waals surface area contributed by atoms with Gasteiger partial charge in [0.25, 0.3) is 0 Å². The lowest BCUT2D eigenvalue weighted by Gasteiger charge is -2.03. The van der Waals surface area contributed by atoms with Crippen molar-refractivity contribution >= 4 is 0 Å². The van der Waals surface area contributed by atoms with E-state index >= 15 is 0 Å². The van der Waals surface area contributed by atoms with Crippen molar-refractivity contribution in [3.8, 4) is 17.9 Å². The summed E-state index contributed by atoms with van der Waals surface area (Å²) in [5, 5.41) is 8.80. The van der Waals surface area contributed by atoms with Gasteiger partial charge < -0.3 is 0 Å². The van der Waals surface area contributed by atoms with E-state index in [0.29, 0.717) is 17.2 Å². The fourth-order valence-corrected chi connectivity index (χ4v) is 1.66. The average molecular weight is 246 g/mol. The molecule has 2 nitrogen and oxygen atoms in total. The maximum absolute atomic E-state index is 8.80. The zero-order chi connectivity index (χ0) is 13.7. The van der Waals surface area contributed by atoms with Crippen LogP contribution in [0.5, 0.6) is 0 Å². The molecule has 1 heterocycles. The minimum atomic E-state index is 0.524. The lowest BCUT2D eigenvalue weighted by molar-refractivity contribution is 0.866. The molecule has 2 rings (SSSR count). The Labute approximate surface area is 113 Å². The van der Waals surface area contributed by atoms with Crippen molar-refractivity contribution < 1.29 is 0 Å². The summed E-state index contributed by atoms with van der Waals surface area (Å²) in [6.07, 6.45) is 1.60. The highest BCUT2D eigenvalue weighted by Crippen LogP contribution is 2.14. The molecule has 0 saturated heterocycles. The van der Waals surface area contributed by atoms with Crippen LogP contribution in [-0.4, -0.2) is 4.98 Å². The number of benzene rings is 1. The Hall–Kier alpha value is -2.58. The molecular weight excluding hydrogens is 232 g/mol. The first-order chi connectivity index (χ1) is 9.19. The predicted molar refractivity (Wildman–Crippen MR) is 75.5 cm³/mol. The summed E-state index contributed by atoms with van der Waals surface area (Å²) >= 11 is 0. The van der Waals surface area contributed by atoms with Crippen LogP contribution in [0.2, 0.25) is 0 Å². The van der Waals surface area contributed by atoms with Crippen LogP contribution in [0.3, 0.4) is 0 Å². The number of pyridine rings is 1. The van der Waals surface area contributed by atoms with E-state index in [4.69, 9.17) is 5.26 Å². The third-order valence-corrected chi connectivity index (χ3v) is 2.80. The quantitative estimate of drug-likeness (QED) is 0.722. The molecule has 0 unspecified atom stereocenters. The predicted octanol–water partition coefficient (Wildman–Crippen LogP) is 3.48. The van der Waals surface area contributed by atoms with Crippen LogP contribution in [-0.2, 0) is 0 Å². The first-order valence-corrected chi connectivity index (χ1v) is 6.17. The van der Waals surface area contributed by atoms with Gasteiger partial charge in [-0.1, -0.05) is 31.9 Å². The van der Waals surface area contributed by atoms with Crippen molar-refractivity contribution in [2.24, 2.45) is 0 Å². The molecule has 19 heavy (non-hydrogen) atoms. The Bertz CT molecular complexity index is 665. The highest BCUT2D eigenvalue weighted by molar-refractivity contribution is 5.43. The van der Waals surface area contributed by atoms with Crippen molar-refractivity contribution in [1.29, 1.82) is 5.26 Å². The van der Waals surface area contributed by atoms with Gasteiger partial charge in [0, 0.05) is 11.8 Å². The highest BCUT2D eigenvalue weighted by Gasteiger charge is 1.97. The first-order valence-electron chi connectivity index (χ1n) is 6.17. The van der Waals surface area contributed by atoms with Crippen LogP contribution in [0.15, 0.2) is 42.6 Å². The Kier molecular flexibility index (Phi) is 3.96. The van der Waals surface area contributed by atoms with Gasteiger partial charge in [-0.25, -0.2) is 4.98 Å². The molecule has 0 atom stereocenters. The molecule has 2 heteroatoms. The van der Waals surface area contributed by atoms with Gasteiger partial charge in [0.15, 0.2) is 0 Å². The monoisotopic (exact) mass is 246 g/mol. The SMILES string of the molecule is CC(C)c1ccc(C#Cc2cc(C#N)ccn2)cc1. The second kappa shape index (κ2) is 5.85. The maximum atomic E-state index is 8.80. The van der Waals surface area contributed by atoms with Gasteiger partial charge in [0.05, 0.1) is 11.6 Å². The molecule has 0 N–H and O–H groups in total. The van der Waals surface area contributed by atoms with Crippen molar-refractivity contribution in [3.63, 3.8) is 0 Å². The third-order valence-electron chi connectivity index (χ3n) is 2.80. The molecule has 0 amide bonds. The van der Waals surface area contributed by atoms with Crippen LogP contribution in [0.1, 0.15) is 42.1 Å². The molecule has 0 aliphatic rings. The van der Waals surface area contributed by atoms with Crippen molar-refractivity contribution in [1.82, 2.24) is 4.98 Å². The van der Waals surface area contributed by atoms with Crippen LogP contribution in [0.4, 0.5) is 0 Å². The lowest BCUT2D eigenvalue weighted by atomic mass is 10.0. The van der Waals surface area contributed by atoms with Gasteiger partial charge in [0.1, 0.15) is 5.69 Å². The number of nitriles is 1. The van der Waals surface area contributed by atoms with Crippen LogP contribution in [0, 0.1) is 23.2 Å². The maximum Gasteiger partial charge on any atom is 0.114 e. The van der Waals surface area contributed by atoms with E-state index in [1.165, 1.54) is 5.56 Å². The smallest absolute Gasteiger partial charge is 0.114 e. The molecule has 0 spiro atoms. The van der Waals surface area contributed by atoms with E-state index < -0.39 is 0 Å².